The minimum absolute atomic E-state index is 0. The van der Waals surface area contributed by atoms with Gasteiger partial charge in [0, 0.05) is 0 Å². The van der Waals surface area contributed by atoms with Crippen molar-refractivity contribution in [2.45, 2.75) is 58.6 Å². The van der Waals surface area contributed by atoms with Crippen LogP contribution in [-0.4, -0.2) is 3.21 Å². The number of hydrogen-bond donors (Lipinski definition) is 0. The van der Waals surface area contributed by atoms with Gasteiger partial charge in [0.05, 0.1) is 0 Å². The molecule has 212 valence electrons. The Morgan fingerprint density at radius 1 is 0.476 bits per heavy atom. The van der Waals surface area contributed by atoms with E-state index in [9.17, 15) is 0 Å². The van der Waals surface area contributed by atoms with Crippen LogP contribution < -0.4 is 24.8 Å². The number of hydrogen-bond acceptors (Lipinski definition) is 0. The molecule has 2 unspecified atom stereocenters. The first-order valence-electron chi connectivity index (χ1n) is 15.2. The maximum absolute atomic E-state index is 2.77. The number of halogens is 2. The van der Waals surface area contributed by atoms with Gasteiger partial charge in [-0.1, -0.05) is 0 Å². The van der Waals surface area contributed by atoms with E-state index < -0.39 is 21.3 Å². The molecule has 4 aromatic rings. The summed E-state index contributed by atoms with van der Waals surface area (Å²) in [6, 6.07) is 41.0. The van der Waals surface area contributed by atoms with Crippen LogP contribution in [0.25, 0.3) is 11.1 Å². The Kier molecular flexibility index (Phi) is 10.7. The molecule has 0 saturated heterocycles. The van der Waals surface area contributed by atoms with E-state index in [1.165, 1.54) is 36.8 Å². The van der Waals surface area contributed by atoms with Crippen molar-refractivity contribution in [3.05, 3.63) is 155 Å². The number of rotatable bonds is 8. The number of allylic oxidation sites excluding steroid dienone is 4. The minimum atomic E-state index is -2.17. The minimum Gasteiger partial charge on any atom is -1.00 e. The van der Waals surface area contributed by atoms with Gasteiger partial charge in [-0.3, -0.25) is 0 Å². The van der Waals surface area contributed by atoms with Crippen molar-refractivity contribution in [3.8, 4) is 0 Å². The van der Waals surface area contributed by atoms with Gasteiger partial charge in [-0.15, -0.1) is 0 Å². The summed E-state index contributed by atoms with van der Waals surface area (Å²) in [5, 5.41) is 0. The fraction of sp³-hybridized carbons (Fsp3) is 0.256. The molecule has 3 heteroatoms. The molecule has 0 amide bonds. The fourth-order valence-corrected chi connectivity index (χ4v) is 17.6. The first-order chi connectivity index (χ1) is 19.8. The molecule has 0 spiro atoms. The Bertz CT molecular complexity index is 1480. The molecule has 4 aromatic carbocycles. The van der Waals surface area contributed by atoms with Gasteiger partial charge in [-0.25, -0.2) is 0 Å². The third kappa shape index (κ3) is 6.45. The van der Waals surface area contributed by atoms with Gasteiger partial charge in [0.15, 0.2) is 0 Å². The molecule has 0 heterocycles. The van der Waals surface area contributed by atoms with Crippen LogP contribution in [0, 0.1) is 0 Å². The molecule has 0 bridgehead atoms. The van der Waals surface area contributed by atoms with E-state index in [1.807, 2.05) is 3.21 Å². The number of benzene rings is 4. The zero-order chi connectivity index (χ0) is 26.7. The molecular weight excluding hydrogens is 631 g/mol. The van der Waals surface area contributed by atoms with Crippen molar-refractivity contribution in [2.75, 3.05) is 0 Å². The molecule has 0 aliphatic heterocycles. The first kappa shape index (κ1) is 31.1. The van der Waals surface area contributed by atoms with Crippen LogP contribution in [0.1, 0.15) is 79.2 Å². The molecule has 1 saturated carbocycles. The van der Waals surface area contributed by atoms with Crippen molar-refractivity contribution in [3.63, 3.8) is 0 Å². The average Bonchev–Trinajstić information content (AvgIpc) is 3.76. The number of fused-ring (bicyclic) bond motifs is 2. The molecule has 0 nitrogen and oxygen atoms in total. The summed E-state index contributed by atoms with van der Waals surface area (Å²) in [5.74, 6) is 0. The predicted octanol–water partition coefficient (Wildman–Crippen LogP) is 3.90. The van der Waals surface area contributed by atoms with Crippen LogP contribution in [0.2, 0.25) is 0 Å². The van der Waals surface area contributed by atoms with Gasteiger partial charge in [0.1, 0.15) is 0 Å². The van der Waals surface area contributed by atoms with E-state index in [0.717, 1.165) is 25.7 Å². The molecule has 0 N–H and O–H groups in total. The molecule has 1 fully saturated rings. The van der Waals surface area contributed by atoms with Crippen LogP contribution >= 0.6 is 0 Å². The SMILES string of the molecule is C1=C(CCc2ccccc2)c2ccccc2[CH]1[Zr+2](=[C]1CCCC1)[CH]1C=C(CCc2ccccc2)c2ccccc21.[Cl-].[Cl-]. The summed E-state index contributed by atoms with van der Waals surface area (Å²) in [6.45, 7) is 0. The predicted molar refractivity (Wildman–Crippen MR) is 167 cm³/mol. The van der Waals surface area contributed by atoms with Crippen molar-refractivity contribution in [2.24, 2.45) is 0 Å². The van der Waals surface area contributed by atoms with Gasteiger partial charge in [0.2, 0.25) is 0 Å². The largest absolute Gasteiger partial charge is 1.00 e. The maximum atomic E-state index is 2.77. The van der Waals surface area contributed by atoms with E-state index >= 15 is 0 Å². The molecule has 42 heavy (non-hydrogen) atoms. The summed E-state index contributed by atoms with van der Waals surface area (Å²) in [5.41, 5.74) is 12.5. The Morgan fingerprint density at radius 3 is 1.33 bits per heavy atom. The molecule has 7 rings (SSSR count). The van der Waals surface area contributed by atoms with Gasteiger partial charge in [0.25, 0.3) is 0 Å². The van der Waals surface area contributed by atoms with Gasteiger partial charge in [-0.2, -0.15) is 0 Å². The van der Waals surface area contributed by atoms with Crippen LogP contribution in [-0.2, 0) is 34.1 Å². The Balaban J connectivity index is 0.00000176. The normalized spacial score (nSPS) is 18.1. The van der Waals surface area contributed by atoms with E-state index in [1.54, 1.807) is 33.4 Å². The van der Waals surface area contributed by atoms with Crippen molar-refractivity contribution >= 4 is 14.4 Å². The van der Waals surface area contributed by atoms with E-state index in [-0.39, 0.29) is 24.8 Å². The quantitative estimate of drug-likeness (QED) is 0.268. The standard InChI is InChI=1S/2C17H15.C5H8.2ClH.Zr/c2*1-2-6-14(7-3-1)10-11-16-13-12-15-8-4-5-9-17(15)16;1-2-4-5-3-1;;;/h2*1-9,12-13H,10-11H2;1-4H2;2*1H;/q;;;;;+2/p-2. The summed E-state index contributed by atoms with van der Waals surface area (Å²) in [7, 11) is 0. The van der Waals surface area contributed by atoms with Crippen LogP contribution in [0.5, 0.6) is 0 Å². The zero-order valence-electron chi connectivity index (χ0n) is 24.1. The molecule has 0 aromatic heterocycles. The Morgan fingerprint density at radius 2 is 0.881 bits per heavy atom. The molecule has 3 aliphatic carbocycles. The van der Waals surface area contributed by atoms with Crippen LogP contribution in [0.3, 0.4) is 0 Å². The zero-order valence-corrected chi connectivity index (χ0v) is 28.1. The maximum Gasteiger partial charge on any atom is -1.00 e. The topological polar surface area (TPSA) is 0 Å². The summed E-state index contributed by atoms with van der Waals surface area (Å²) in [4.78, 5) is 0. The Hall–Kier alpha value is -2.31. The van der Waals surface area contributed by atoms with Crippen molar-refractivity contribution in [1.82, 2.24) is 0 Å². The second kappa shape index (κ2) is 14.4. The fourth-order valence-electron chi connectivity index (χ4n) is 7.40. The average molecular weight is 669 g/mol. The monoisotopic (exact) mass is 666 g/mol. The second-order valence-corrected chi connectivity index (χ2v) is 18.8. The molecule has 2 atom stereocenters. The first-order valence-corrected chi connectivity index (χ1v) is 19.3. The van der Waals surface area contributed by atoms with Crippen molar-refractivity contribution < 1.29 is 46.1 Å². The van der Waals surface area contributed by atoms with Crippen molar-refractivity contribution in [1.29, 1.82) is 0 Å². The summed E-state index contributed by atoms with van der Waals surface area (Å²) < 4.78 is 3.31. The van der Waals surface area contributed by atoms with Gasteiger partial charge < -0.3 is 24.8 Å². The molecule has 3 aliphatic rings. The third-order valence-electron chi connectivity index (χ3n) is 9.36. The van der Waals surface area contributed by atoms with E-state index in [4.69, 9.17) is 0 Å². The van der Waals surface area contributed by atoms with E-state index in [0.29, 0.717) is 7.25 Å². The molecule has 0 radical (unpaired) electrons. The van der Waals surface area contributed by atoms with Crippen LogP contribution in [0.4, 0.5) is 0 Å². The smallest absolute Gasteiger partial charge is 1.00 e. The Labute approximate surface area is 272 Å². The van der Waals surface area contributed by atoms with Crippen LogP contribution in [0.15, 0.2) is 121 Å². The van der Waals surface area contributed by atoms with Gasteiger partial charge >= 0.3 is 249 Å². The summed E-state index contributed by atoms with van der Waals surface area (Å²) >= 11 is -2.17. The molecular formula is C39H38Cl2Zr. The second-order valence-electron chi connectivity index (χ2n) is 11.8. The third-order valence-corrected chi connectivity index (χ3v) is 18.2. The number of aryl methyl sites for hydroxylation is 2. The van der Waals surface area contributed by atoms with E-state index in [2.05, 4.69) is 121 Å². The summed E-state index contributed by atoms with van der Waals surface area (Å²) in [6.07, 6.45) is 15.6. The van der Waals surface area contributed by atoms with Gasteiger partial charge in [-0.05, 0) is 0 Å².